The van der Waals surface area contributed by atoms with Gasteiger partial charge in [0.2, 0.25) is 0 Å². The average Bonchev–Trinajstić information content (AvgIpc) is 2.52. The maximum atomic E-state index is 8.74. The predicted octanol–water partition coefficient (Wildman–Crippen LogP) is 2.83. The second kappa shape index (κ2) is 5.62. The maximum absolute atomic E-state index is 8.74. The van der Waals surface area contributed by atoms with E-state index >= 15 is 0 Å². The monoisotopic (exact) mass is 301 g/mol. The Labute approximate surface area is 105 Å². The van der Waals surface area contributed by atoms with Crippen LogP contribution < -0.4 is 0 Å². The van der Waals surface area contributed by atoms with Gasteiger partial charge in [-0.25, -0.2) is 4.68 Å². The van der Waals surface area contributed by atoms with E-state index in [9.17, 15) is 0 Å². The summed E-state index contributed by atoms with van der Waals surface area (Å²) in [7, 11) is -1.02. The summed E-state index contributed by atoms with van der Waals surface area (Å²) in [6, 6.07) is 3.19. The lowest BCUT2D eigenvalue weighted by atomic mass is 10.4. The fourth-order valence-corrected chi connectivity index (χ4v) is 2.23. The first-order valence-corrected chi connectivity index (χ1v) is 9.63. The lowest BCUT2D eigenvalue weighted by Crippen LogP contribution is -2.22. The molecule has 1 rings (SSSR count). The lowest BCUT2D eigenvalue weighted by molar-refractivity contribution is 0.0783. The Balaban J connectivity index is 2.36. The van der Waals surface area contributed by atoms with Crippen molar-refractivity contribution < 1.29 is 4.74 Å². The molecule has 0 atom stereocenters. The Bertz CT molecular complexity index is 392. The summed E-state index contributed by atoms with van der Waals surface area (Å²) < 4.78 is 7.72. The van der Waals surface area contributed by atoms with Crippen LogP contribution in [-0.4, -0.2) is 24.5 Å². The highest BCUT2D eigenvalue weighted by molar-refractivity contribution is 9.10. The zero-order valence-electron chi connectivity index (χ0n) is 9.83. The summed E-state index contributed by atoms with van der Waals surface area (Å²) in [5.41, 5.74) is 0.536. The number of hydrogen-bond acceptors (Lipinski definition) is 3. The first-order valence-electron chi connectivity index (χ1n) is 5.13. The van der Waals surface area contributed by atoms with Crippen molar-refractivity contribution in [2.75, 3.05) is 6.61 Å². The molecule has 0 bridgehead atoms. The SMILES string of the molecule is C[Si](C)(C)CCOCn1cc(C#N)c(Br)n1. The van der Waals surface area contributed by atoms with Gasteiger partial charge < -0.3 is 4.74 Å². The average molecular weight is 302 g/mol. The molecule has 4 nitrogen and oxygen atoms in total. The van der Waals surface area contributed by atoms with Crippen LogP contribution in [0, 0.1) is 11.3 Å². The van der Waals surface area contributed by atoms with E-state index in [0.717, 1.165) is 12.7 Å². The van der Waals surface area contributed by atoms with Crippen molar-refractivity contribution >= 4 is 24.0 Å². The van der Waals surface area contributed by atoms with Crippen LogP contribution in [0.25, 0.3) is 0 Å². The molecule has 1 aromatic rings. The molecule has 0 aromatic carbocycles. The third-order valence-corrected chi connectivity index (χ3v) is 4.35. The molecule has 88 valence electrons. The highest BCUT2D eigenvalue weighted by atomic mass is 79.9. The van der Waals surface area contributed by atoms with E-state index in [1.54, 1.807) is 10.9 Å². The third-order valence-electron chi connectivity index (χ3n) is 2.06. The fourth-order valence-electron chi connectivity index (χ4n) is 1.08. The Hall–Kier alpha value is -0.643. The molecule has 16 heavy (non-hydrogen) atoms. The Morgan fingerprint density at radius 2 is 2.25 bits per heavy atom. The Morgan fingerprint density at radius 3 is 2.75 bits per heavy atom. The van der Waals surface area contributed by atoms with E-state index < -0.39 is 8.07 Å². The second-order valence-electron chi connectivity index (χ2n) is 4.83. The van der Waals surface area contributed by atoms with E-state index in [2.05, 4.69) is 46.7 Å². The zero-order valence-corrected chi connectivity index (χ0v) is 12.4. The minimum atomic E-state index is -1.02. The standard InChI is InChI=1S/C10H16BrN3OSi/c1-16(2,3)5-4-15-8-14-7-9(6-12)10(11)13-14/h7H,4-5,8H2,1-3H3. The maximum Gasteiger partial charge on any atom is 0.146 e. The molecule has 0 unspecified atom stereocenters. The van der Waals surface area contributed by atoms with E-state index in [0.29, 0.717) is 16.9 Å². The van der Waals surface area contributed by atoms with Gasteiger partial charge in [0.25, 0.3) is 0 Å². The molecule has 0 saturated carbocycles. The largest absolute Gasteiger partial charge is 0.360 e. The Morgan fingerprint density at radius 1 is 1.56 bits per heavy atom. The zero-order chi connectivity index (χ0) is 12.2. The summed E-state index contributed by atoms with van der Waals surface area (Å²) >= 11 is 3.21. The topological polar surface area (TPSA) is 50.8 Å². The molecule has 1 aromatic heterocycles. The van der Waals surface area contributed by atoms with Crippen molar-refractivity contribution in [3.63, 3.8) is 0 Å². The molecule has 0 radical (unpaired) electrons. The van der Waals surface area contributed by atoms with Gasteiger partial charge in [-0.2, -0.15) is 10.4 Å². The summed E-state index contributed by atoms with van der Waals surface area (Å²) in [5, 5.41) is 12.9. The minimum Gasteiger partial charge on any atom is -0.360 e. The van der Waals surface area contributed by atoms with Crippen LogP contribution in [0.15, 0.2) is 10.8 Å². The van der Waals surface area contributed by atoms with Crippen molar-refractivity contribution in [3.05, 3.63) is 16.4 Å². The molecular weight excluding hydrogens is 286 g/mol. The molecule has 0 aliphatic rings. The van der Waals surface area contributed by atoms with Gasteiger partial charge in [0.1, 0.15) is 23.0 Å². The molecule has 0 N–H and O–H groups in total. The second-order valence-corrected chi connectivity index (χ2v) is 11.2. The number of hydrogen-bond donors (Lipinski definition) is 0. The first-order chi connectivity index (χ1) is 7.42. The van der Waals surface area contributed by atoms with Gasteiger partial charge >= 0.3 is 0 Å². The van der Waals surface area contributed by atoms with Crippen molar-refractivity contribution in [2.24, 2.45) is 0 Å². The van der Waals surface area contributed by atoms with Gasteiger partial charge in [-0.05, 0) is 22.0 Å². The van der Waals surface area contributed by atoms with Gasteiger partial charge in [-0.15, -0.1) is 0 Å². The van der Waals surface area contributed by atoms with Gasteiger partial charge in [-0.3, -0.25) is 0 Å². The van der Waals surface area contributed by atoms with E-state index in [1.165, 1.54) is 0 Å². The van der Waals surface area contributed by atoms with Gasteiger partial charge in [0.05, 0.1) is 0 Å². The van der Waals surface area contributed by atoms with Crippen molar-refractivity contribution in [1.82, 2.24) is 9.78 Å². The van der Waals surface area contributed by atoms with Gasteiger partial charge in [-0.1, -0.05) is 19.6 Å². The number of ether oxygens (including phenoxy) is 1. The van der Waals surface area contributed by atoms with Gasteiger partial charge in [0, 0.05) is 20.9 Å². The highest BCUT2D eigenvalue weighted by Gasteiger charge is 2.12. The molecule has 1 heterocycles. The Kier molecular flexibility index (Phi) is 4.71. The normalized spacial score (nSPS) is 11.4. The van der Waals surface area contributed by atoms with E-state index in [1.807, 2.05) is 0 Å². The minimum absolute atomic E-state index is 0.408. The molecule has 0 saturated heterocycles. The van der Waals surface area contributed by atoms with Crippen LogP contribution in [0.4, 0.5) is 0 Å². The molecule has 6 heteroatoms. The number of aromatic nitrogens is 2. The quantitative estimate of drug-likeness (QED) is 0.621. The predicted molar refractivity (Wildman–Crippen MR) is 68.7 cm³/mol. The highest BCUT2D eigenvalue weighted by Crippen LogP contribution is 2.13. The van der Waals surface area contributed by atoms with Crippen molar-refractivity contribution in [1.29, 1.82) is 5.26 Å². The number of rotatable bonds is 5. The van der Waals surface area contributed by atoms with Crippen molar-refractivity contribution in [3.8, 4) is 6.07 Å². The summed E-state index contributed by atoms with van der Waals surface area (Å²) in [6.45, 7) is 8.11. The van der Waals surface area contributed by atoms with Crippen molar-refractivity contribution in [2.45, 2.75) is 32.4 Å². The third kappa shape index (κ3) is 4.47. The smallest absolute Gasteiger partial charge is 0.146 e. The lowest BCUT2D eigenvalue weighted by Gasteiger charge is -2.15. The van der Waals surface area contributed by atoms with Crippen LogP contribution in [0.2, 0.25) is 25.7 Å². The van der Waals surface area contributed by atoms with Crippen LogP contribution in [-0.2, 0) is 11.5 Å². The number of halogens is 1. The fraction of sp³-hybridized carbons (Fsp3) is 0.600. The molecule has 0 aliphatic carbocycles. The van der Waals surface area contributed by atoms with Crippen LogP contribution >= 0.6 is 15.9 Å². The van der Waals surface area contributed by atoms with Gasteiger partial charge in [0.15, 0.2) is 0 Å². The molecule has 0 fully saturated rings. The summed E-state index contributed by atoms with van der Waals surface area (Å²) in [4.78, 5) is 0. The van der Waals surface area contributed by atoms with Crippen LogP contribution in [0.1, 0.15) is 5.56 Å². The van der Waals surface area contributed by atoms with E-state index in [-0.39, 0.29) is 0 Å². The number of nitriles is 1. The van der Waals surface area contributed by atoms with Crippen LogP contribution in [0.5, 0.6) is 0 Å². The molecule has 0 amide bonds. The summed E-state index contributed by atoms with van der Waals surface area (Å²) in [5.74, 6) is 0. The molecule has 0 spiro atoms. The molecule has 0 aliphatic heterocycles. The first kappa shape index (κ1) is 13.4. The number of nitrogens with zero attached hydrogens (tertiary/aromatic N) is 3. The van der Waals surface area contributed by atoms with Crippen LogP contribution in [0.3, 0.4) is 0 Å². The van der Waals surface area contributed by atoms with E-state index in [4.69, 9.17) is 10.00 Å². The molecular formula is C10H16BrN3OSi. The summed E-state index contributed by atoms with van der Waals surface area (Å²) in [6.07, 6.45) is 1.68.